The summed E-state index contributed by atoms with van der Waals surface area (Å²) >= 11 is 7.12. The Balaban J connectivity index is 2.27. The number of Topliss-reactive ketones (excluding diaryl/α,β-unsaturated/α-hetero) is 1. The van der Waals surface area contributed by atoms with Crippen LogP contribution >= 0.6 is 22.9 Å². The predicted molar refractivity (Wildman–Crippen MR) is 64.8 cm³/mol. The molecule has 1 N–H and O–H groups in total. The maximum absolute atomic E-state index is 11.9. The largest absolute Gasteiger partial charge is 0.345 e. The number of carbonyl (C=O) groups is 1. The summed E-state index contributed by atoms with van der Waals surface area (Å²) in [4.78, 5) is 33.5. The first-order valence-corrected chi connectivity index (χ1v) is 6.00. The van der Waals surface area contributed by atoms with Crippen LogP contribution in [0.2, 0.25) is 5.02 Å². The van der Waals surface area contributed by atoms with Gasteiger partial charge in [-0.2, -0.15) is 0 Å². The lowest BCUT2D eigenvalue weighted by Gasteiger charge is -2.01. The van der Waals surface area contributed by atoms with E-state index in [4.69, 9.17) is 11.6 Å². The molecule has 7 heteroatoms. The molecular weight excluding hydrogens is 262 g/mol. The van der Waals surface area contributed by atoms with Crippen molar-refractivity contribution in [2.75, 3.05) is 0 Å². The summed E-state index contributed by atoms with van der Waals surface area (Å²) in [5, 5.41) is 0.278. The normalized spacial score (nSPS) is 10.5. The van der Waals surface area contributed by atoms with E-state index in [0.717, 1.165) is 0 Å². The number of ketones is 1. The molecule has 0 aromatic carbocycles. The Morgan fingerprint density at radius 1 is 1.53 bits per heavy atom. The molecule has 0 spiro atoms. The quantitative estimate of drug-likeness (QED) is 0.859. The molecule has 0 unspecified atom stereocenters. The van der Waals surface area contributed by atoms with Crippen molar-refractivity contribution in [3.63, 3.8) is 0 Å². The van der Waals surface area contributed by atoms with Gasteiger partial charge in [0.2, 0.25) is 0 Å². The number of hydrogen-bond donors (Lipinski definition) is 1. The molecule has 0 saturated carbocycles. The Morgan fingerprint density at radius 2 is 2.29 bits per heavy atom. The molecular formula is C10H8ClN3O2S. The van der Waals surface area contributed by atoms with E-state index in [9.17, 15) is 9.59 Å². The molecule has 0 amide bonds. The van der Waals surface area contributed by atoms with Crippen molar-refractivity contribution in [3.05, 3.63) is 43.5 Å². The number of nitrogens with one attached hydrogen (secondary N) is 1. The molecule has 0 saturated heterocycles. The van der Waals surface area contributed by atoms with Crippen LogP contribution < -0.4 is 5.69 Å². The second-order valence-corrected chi connectivity index (χ2v) is 4.64. The van der Waals surface area contributed by atoms with Gasteiger partial charge in [0.1, 0.15) is 0 Å². The van der Waals surface area contributed by atoms with Gasteiger partial charge in [0, 0.05) is 5.69 Å². The van der Waals surface area contributed by atoms with E-state index in [2.05, 4.69) is 15.0 Å². The number of hydrogen-bond acceptors (Lipinski definition) is 5. The Hall–Kier alpha value is -1.53. The number of halogens is 1. The summed E-state index contributed by atoms with van der Waals surface area (Å²) in [5.41, 5.74) is 2.16. The fourth-order valence-electron chi connectivity index (χ4n) is 1.35. The summed E-state index contributed by atoms with van der Waals surface area (Å²) < 4.78 is 0. The smallest absolute Gasteiger partial charge is 0.308 e. The van der Waals surface area contributed by atoms with Gasteiger partial charge in [-0.05, 0) is 6.92 Å². The predicted octanol–water partition coefficient (Wildman–Crippen LogP) is 1.61. The van der Waals surface area contributed by atoms with Gasteiger partial charge in [-0.3, -0.25) is 4.79 Å². The van der Waals surface area contributed by atoms with Crippen LogP contribution in [0.3, 0.4) is 0 Å². The zero-order chi connectivity index (χ0) is 12.4. The first kappa shape index (κ1) is 11.9. The molecule has 2 heterocycles. The monoisotopic (exact) mass is 269 g/mol. The van der Waals surface area contributed by atoms with E-state index in [1.54, 1.807) is 12.4 Å². The molecule has 2 aromatic rings. The first-order chi connectivity index (χ1) is 8.08. The summed E-state index contributed by atoms with van der Waals surface area (Å²) in [6, 6.07) is 0. The maximum Gasteiger partial charge on any atom is 0.345 e. The first-order valence-electron chi connectivity index (χ1n) is 4.75. The average Bonchev–Trinajstić information content (AvgIpc) is 2.70. The van der Waals surface area contributed by atoms with Crippen LogP contribution in [0.15, 0.2) is 16.5 Å². The average molecular weight is 270 g/mol. The van der Waals surface area contributed by atoms with Crippen LogP contribution in [0, 0.1) is 6.92 Å². The topological polar surface area (TPSA) is 75.7 Å². The number of carbonyl (C=O) groups excluding carboxylic acids is 1. The number of aryl methyl sites for hydroxylation is 1. The fourth-order valence-corrected chi connectivity index (χ4v) is 2.26. The molecule has 0 radical (unpaired) electrons. The van der Waals surface area contributed by atoms with Crippen molar-refractivity contribution >= 4 is 28.7 Å². The molecule has 5 nitrogen and oxygen atoms in total. The molecule has 88 valence electrons. The van der Waals surface area contributed by atoms with Gasteiger partial charge in [0.05, 0.1) is 33.7 Å². The highest BCUT2D eigenvalue weighted by molar-refractivity contribution is 7.11. The number of aromatic amines is 1. The summed E-state index contributed by atoms with van der Waals surface area (Å²) in [5.74, 6) is -0.117. The molecule has 0 atom stereocenters. The number of aromatic nitrogens is 3. The van der Waals surface area contributed by atoms with Gasteiger partial charge in [-0.25, -0.2) is 14.8 Å². The molecule has 2 aromatic heterocycles. The van der Waals surface area contributed by atoms with Crippen molar-refractivity contribution in [2.45, 2.75) is 13.3 Å². The lowest BCUT2D eigenvalue weighted by atomic mass is 10.1. The highest BCUT2D eigenvalue weighted by Gasteiger charge is 2.14. The van der Waals surface area contributed by atoms with Crippen LogP contribution in [0.5, 0.6) is 0 Å². The Kier molecular flexibility index (Phi) is 3.35. The number of thiazole rings is 1. The van der Waals surface area contributed by atoms with E-state index in [1.807, 2.05) is 0 Å². The van der Waals surface area contributed by atoms with Crippen molar-refractivity contribution in [2.24, 2.45) is 0 Å². The van der Waals surface area contributed by atoms with Gasteiger partial charge < -0.3 is 4.98 Å². The van der Waals surface area contributed by atoms with Crippen LogP contribution in [-0.4, -0.2) is 20.7 Å². The fraction of sp³-hybridized carbons (Fsp3) is 0.200. The second-order valence-electron chi connectivity index (χ2n) is 3.38. The maximum atomic E-state index is 11.9. The molecule has 0 aliphatic carbocycles. The lowest BCUT2D eigenvalue weighted by Crippen LogP contribution is -2.15. The summed E-state index contributed by atoms with van der Waals surface area (Å²) in [7, 11) is 0. The zero-order valence-electron chi connectivity index (χ0n) is 8.86. The van der Waals surface area contributed by atoms with Gasteiger partial charge >= 0.3 is 5.69 Å². The van der Waals surface area contributed by atoms with E-state index in [1.165, 1.54) is 17.5 Å². The summed E-state index contributed by atoms with van der Waals surface area (Å²) in [6.45, 7) is 1.76. The minimum atomic E-state index is -0.516. The van der Waals surface area contributed by atoms with Gasteiger partial charge in [0.25, 0.3) is 0 Å². The van der Waals surface area contributed by atoms with Crippen molar-refractivity contribution in [1.29, 1.82) is 0 Å². The molecule has 0 aliphatic rings. The summed E-state index contributed by atoms with van der Waals surface area (Å²) in [6.07, 6.45) is 1.28. The van der Waals surface area contributed by atoms with E-state index >= 15 is 0 Å². The highest BCUT2D eigenvalue weighted by Crippen LogP contribution is 2.17. The second kappa shape index (κ2) is 4.77. The third kappa shape index (κ3) is 2.59. The van der Waals surface area contributed by atoms with Crippen LogP contribution in [0.1, 0.15) is 21.1 Å². The molecule has 2 rings (SSSR count). The third-order valence-electron chi connectivity index (χ3n) is 2.18. The Labute approximate surface area is 106 Å². The highest BCUT2D eigenvalue weighted by atomic mass is 35.5. The number of rotatable bonds is 3. The number of nitrogens with zero attached hydrogens (tertiary/aromatic N) is 2. The molecule has 0 fully saturated rings. The molecule has 0 bridgehead atoms. The van der Waals surface area contributed by atoms with Crippen molar-refractivity contribution < 1.29 is 4.79 Å². The number of H-pyrrole nitrogens is 1. The van der Waals surface area contributed by atoms with Gasteiger partial charge in [0.15, 0.2) is 5.78 Å². The van der Waals surface area contributed by atoms with Gasteiger partial charge in [-0.15, -0.1) is 11.3 Å². The van der Waals surface area contributed by atoms with Gasteiger partial charge in [-0.1, -0.05) is 11.6 Å². The van der Waals surface area contributed by atoms with Crippen molar-refractivity contribution in [1.82, 2.24) is 15.0 Å². The van der Waals surface area contributed by atoms with Crippen LogP contribution in [0.25, 0.3) is 0 Å². The molecule has 17 heavy (non-hydrogen) atoms. The lowest BCUT2D eigenvalue weighted by molar-refractivity contribution is 0.0995. The minimum absolute atomic E-state index is 0.0413. The van der Waals surface area contributed by atoms with Crippen molar-refractivity contribution in [3.8, 4) is 0 Å². The Morgan fingerprint density at radius 3 is 2.94 bits per heavy atom. The minimum Gasteiger partial charge on any atom is -0.308 e. The van der Waals surface area contributed by atoms with E-state index in [0.29, 0.717) is 16.3 Å². The van der Waals surface area contributed by atoms with Crippen LogP contribution in [0.4, 0.5) is 0 Å². The SMILES string of the molecule is Cc1ncsc1C(=O)Cc1[nH]c(=O)ncc1Cl. The Bertz CT molecular complexity index is 620. The molecule has 0 aliphatic heterocycles. The van der Waals surface area contributed by atoms with Crippen LogP contribution in [-0.2, 0) is 6.42 Å². The van der Waals surface area contributed by atoms with E-state index < -0.39 is 5.69 Å². The standard InChI is InChI=1S/C10H8ClN3O2S/c1-5-9(17-4-13-5)8(15)2-7-6(11)3-12-10(16)14-7/h3-4H,2H2,1H3,(H,12,14,16). The van der Waals surface area contributed by atoms with E-state index in [-0.39, 0.29) is 17.2 Å². The zero-order valence-corrected chi connectivity index (χ0v) is 10.4. The third-order valence-corrected chi connectivity index (χ3v) is 3.47.